The summed E-state index contributed by atoms with van der Waals surface area (Å²) < 4.78 is 4.65. The lowest BCUT2D eigenvalue weighted by Gasteiger charge is -2.14. The Morgan fingerprint density at radius 2 is 2.25 bits per heavy atom. The van der Waals surface area contributed by atoms with E-state index >= 15 is 0 Å². The molecule has 0 fully saturated rings. The van der Waals surface area contributed by atoms with Gasteiger partial charge in [-0.05, 0) is 0 Å². The number of methoxy groups -OCH3 is 1. The molecule has 0 aliphatic carbocycles. The first kappa shape index (κ1) is 14.3. The summed E-state index contributed by atoms with van der Waals surface area (Å²) in [6.45, 7) is 1.35. The highest BCUT2D eigenvalue weighted by Gasteiger charge is 2.21. The Morgan fingerprint density at radius 3 is 2.95 bits per heavy atom. The Kier molecular flexibility index (Phi) is 4.51. The maximum absolute atomic E-state index is 11.6. The summed E-state index contributed by atoms with van der Waals surface area (Å²) in [6.07, 6.45) is 2.92. The number of esters is 1. The van der Waals surface area contributed by atoms with E-state index in [1.54, 1.807) is 0 Å². The number of aromatic amines is 1. The molecular weight excluding hydrogens is 282 g/mol. The lowest BCUT2D eigenvalue weighted by Crippen LogP contribution is -2.42. The number of rotatable bonds is 5. The molecule has 106 valence electrons. The minimum Gasteiger partial charge on any atom is -0.467 e. The van der Waals surface area contributed by atoms with Gasteiger partial charge in [0.2, 0.25) is 5.91 Å². The minimum absolute atomic E-state index is 0.296. The van der Waals surface area contributed by atoms with Crippen molar-refractivity contribution >= 4 is 34.8 Å². The largest absolute Gasteiger partial charge is 0.467 e. The minimum atomic E-state index is -0.726. The molecule has 0 bridgehead atoms. The summed E-state index contributed by atoms with van der Waals surface area (Å²) in [6, 6.07) is -0.726. The molecule has 0 radical (unpaired) electrons. The number of hydrogen-bond donors (Lipinski definition) is 2. The van der Waals surface area contributed by atoms with Crippen molar-refractivity contribution in [3.8, 4) is 0 Å². The van der Waals surface area contributed by atoms with Crippen LogP contribution in [0, 0.1) is 0 Å². The molecule has 2 aromatic rings. The number of aromatic nitrogens is 4. The topological polar surface area (TPSA) is 110 Å². The predicted molar refractivity (Wildman–Crippen MR) is 72.0 cm³/mol. The van der Waals surface area contributed by atoms with Crippen molar-refractivity contribution in [3.63, 3.8) is 0 Å². The van der Waals surface area contributed by atoms with Gasteiger partial charge in [-0.25, -0.2) is 19.7 Å². The van der Waals surface area contributed by atoms with E-state index in [4.69, 9.17) is 0 Å². The van der Waals surface area contributed by atoms with Crippen LogP contribution in [0.3, 0.4) is 0 Å². The van der Waals surface area contributed by atoms with Gasteiger partial charge < -0.3 is 15.0 Å². The van der Waals surface area contributed by atoms with Crippen molar-refractivity contribution < 1.29 is 14.3 Å². The van der Waals surface area contributed by atoms with Gasteiger partial charge >= 0.3 is 5.97 Å². The highest BCUT2D eigenvalue weighted by atomic mass is 32.2. The SMILES string of the molecule is COC(=O)C(CSc1ncnc2nc[nH]c12)NC(C)=O. The molecule has 2 rings (SSSR count). The molecule has 1 unspecified atom stereocenters. The van der Waals surface area contributed by atoms with Gasteiger partial charge in [0.1, 0.15) is 22.9 Å². The molecule has 0 aliphatic rings. The first-order valence-corrected chi connectivity index (χ1v) is 6.72. The molecule has 1 atom stereocenters. The van der Waals surface area contributed by atoms with Crippen LogP contribution in [0.15, 0.2) is 17.7 Å². The summed E-state index contributed by atoms with van der Waals surface area (Å²) >= 11 is 1.31. The number of ether oxygens (including phenoxy) is 1. The summed E-state index contributed by atoms with van der Waals surface area (Å²) in [5.41, 5.74) is 1.25. The molecule has 1 amide bonds. The van der Waals surface area contributed by atoms with Gasteiger partial charge in [-0.3, -0.25) is 4.79 Å². The summed E-state index contributed by atoms with van der Waals surface area (Å²) in [5, 5.41) is 3.20. The maximum Gasteiger partial charge on any atom is 0.329 e. The van der Waals surface area contributed by atoms with Gasteiger partial charge in [0.05, 0.1) is 13.4 Å². The van der Waals surface area contributed by atoms with Crippen LogP contribution in [0.2, 0.25) is 0 Å². The molecule has 2 N–H and O–H groups in total. The van der Waals surface area contributed by atoms with Crippen LogP contribution in [0.5, 0.6) is 0 Å². The first-order chi connectivity index (χ1) is 9.61. The number of thioether (sulfide) groups is 1. The number of carbonyl (C=O) groups excluding carboxylic acids is 2. The number of nitrogens with zero attached hydrogens (tertiary/aromatic N) is 3. The molecule has 9 heteroatoms. The molecule has 2 heterocycles. The molecule has 2 aromatic heterocycles. The molecule has 8 nitrogen and oxygen atoms in total. The molecule has 0 saturated carbocycles. The third-order valence-electron chi connectivity index (χ3n) is 2.44. The van der Waals surface area contributed by atoms with Gasteiger partial charge in [-0.1, -0.05) is 0 Å². The van der Waals surface area contributed by atoms with Crippen molar-refractivity contribution in [1.82, 2.24) is 25.3 Å². The normalized spacial score (nSPS) is 12.1. The highest BCUT2D eigenvalue weighted by Crippen LogP contribution is 2.22. The number of nitrogens with one attached hydrogen (secondary N) is 2. The molecule has 0 saturated heterocycles. The molecule has 0 aromatic carbocycles. The summed E-state index contributed by atoms with van der Waals surface area (Å²) in [4.78, 5) is 37.8. The van der Waals surface area contributed by atoms with Crippen LogP contribution in [0.1, 0.15) is 6.92 Å². The van der Waals surface area contributed by atoms with Crippen molar-refractivity contribution in [2.75, 3.05) is 12.9 Å². The number of amides is 1. The predicted octanol–water partition coefficient (Wildman–Crippen LogP) is 0.123. The van der Waals surface area contributed by atoms with Crippen LogP contribution in [0.4, 0.5) is 0 Å². The Bertz CT molecular complexity index is 629. The highest BCUT2D eigenvalue weighted by molar-refractivity contribution is 7.99. The quantitative estimate of drug-likeness (QED) is 0.458. The molecule has 0 aliphatic heterocycles. The Hall–Kier alpha value is -2.16. The van der Waals surface area contributed by atoms with Crippen LogP contribution >= 0.6 is 11.8 Å². The fourth-order valence-corrected chi connectivity index (χ4v) is 2.53. The standard InChI is InChI=1S/C11H13N5O3S/c1-6(17)16-7(11(18)19-2)3-20-10-8-9(13-4-12-8)14-5-15-10/h4-5,7H,3H2,1-2H3,(H,16,17)(H,12,13,14,15). The zero-order valence-corrected chi connectivity index (χ0v) is 11.7. The fraction of sp³-hybridized carbons (Fsp3) is 0.364. The van der Waals surface area contributed by atoms with Crippen molar-refractivity contribution in [2.24, 2.45) is 0 Å². The third-order valence-corrected chi connectivity index (χ3v) is 3.52. The van der Waals surface area contributed by atoms with Crippen LogP contribution in [-0.4, -0.2) is 50.7 Å². The van der Waals surface area contributed by atoms with Gasteiger partial charge in [0.25, 0.3) is 0 Å². The van der Waals surface area contributed by atoms with Crippen LogP contribution < -0.4 is 5.32 Å². The van der Waals surface area contributed by atoms with E-state index in [9.17, 15) is 9.59 Å². The van der Waals surface area contributed by atoms with Crippen molar-refractivity contribution in [2.45, 2.75) is 18.0 Å². The van der Waals surface area contributed by atoms with Gasteiger partial charge in [-0.2, -0.15) is 0 Å². The fourth-order valence-electron chi connectivity index (χ4n) is 1.57. The zero-order valence-electron chi connectivity index (χ0n) is 10.9. The smallest absolute Gasteiger partial charge is 0.329 e. The lowest BCUT2D eigenvalue weighted by atomic mass is 10.3. The number of carbonyl (C=O) groups is 2. The lowest BCUT2D eigenvalue weighted by molar-refractivity contribution is -0.144. The van der Waals surface area contributed by atoms with Gasteiger partial charge in [0.15, 0.2) is 5.65 Å². The van der Waals surface area contributed by atoms with E-state index in [1.807, 2.05) is 0 Å². The maximum atomic E-state index is 11.6. The van der Waals surface area contributed by atoms with Crippen LogP contribution in [0.25, 0.3) is 11.2 Å². The zero-order chi connectivity index (χ0) is 14.5. The first-order valence-electron chi connectivity index (χ1n) is 5.73. The molecule has 0 spiro atoms. The average Bonchev–Trinajstić information content (AvgIpc) is 2.91. The Balaban J connectivity index is 2.10. The van der Waals surface area contributed by atoms with E-state index in [0.29, 0.717) is 21.9 Å². The second kappa shape index (κ2) is 6.33. The van der Waals surface area contributed by atoms with Crippen molar-refractivity contribution in [1.29, 1.82) is 0 Å². The summed E-state index contributed by atoms with van der Waals surface area (Å²) in [5.74, 6) is -0.491. The third kappa shape index (κ3) is 3.23. The number of H-pyrrole nitrogens is 1. The van der Waals surface area contributed by atoms with Crippen LogP contribution in [-0.2, 0) is 14.3 Å². The Morgan fingerprint density at radius 1 is 1.45 bits per heavy atom. The molecule has 20 heavy (non-hydrogen) atoms. The molecular formula is C11H13N5O3S. The average molecular weight is 295 g/mol. The summed E-state index contributed by atoms with van der Waals surface area (Å²) in [7, 11) is 1.28. The number of hydrogen-bond acceptors (Lipinski definition) is 7. The van der Waals surface area contributed by atoms with E-state index in [2.05, 4.69) is 30.0 Å². The van der Waals surface area contributed by atoms with E-state index in [-0.39, 0.29) is 5.91 Å². The van der Waals surface area contributed by atoms with Gasteiger partial charge in [-0.15, -0.1) is 11.8 Å². The second-order valence-electron chi connectivity index (χ2n) is 3.87. The second-order valence-corrected chi connectivity index (χ2v) is 4.88. The number of fused-ring (bicyclic) bond motifs is 1. The van der Waals surface area contributed by atoms with Gasteiger partial charge in [0, 0.05) is 12.7 Å². The van der Waals surface area contributed by atoms with E-state index < -0.39 is 12.0 Å². The Labute approximate surface area is 118 Å². The monoisotopic (exact) mass is 295 g/mol. The number of imidazole rings is 1. The van der Waals surface area contributed by atoms with E-state index in [1.165, 1.54) is 38.5 Å². The van der Waals surface area contributed by atoms with Crippen molar-refractivity contribution in [3.05, 3.63) is 12.7 Å². The van der Waals surface area contributed by atoms with E-state index in [0.717, 1.165) is 0 Å².